The zero-order valence-corrected chi connectivity index (χ0v) is 8.75. The minimum absolute atomic E-state index is 0.697. The fourth-order valence-corrected chi connectivity index (χ4v) is 4.09. The molecule has 0 aromatic heterocycles. The van der Waals surface area contributed by atoms with E-state index in [0.29, 0.717) is 5.41 Å². The average molecular weight is 185 g/mol. The molecule has 2 fully saturated rings. The zero-order chi connectivity index (χ0) is 8.44. The van der Waals surface area contributed by atoms with Gasteiger partial charge in [-0.05, 0) is 43.4 Å². The minimum atomic E-state index is 0.697. The van der Waals surface area contributed by atoms with E-state index in [1.54, 1.807) is 0 Å². The van der Waals surface area contributed by atoms with E-state index >= 15 is 0 Å². The highest BCUT2D eigenvalue weighted by Crippen LogP contribution is 2.43. The Labute approximate surface area is 79.7 Å². The molecule has 0 aliphatic carbocycles. The van der Waals surface area contributed by atoms with Gasteiger partial charge in [0.05, 0.1) is 0 Å². The van der Waals surface area contributed by atoms with Crippen LogP contribution in [-0.2, 0) is 0 Å². The summed E-state index contributed by atoms with van der Waals surface area (Å²) in [4.78, 5) is 0. The Hall–Kier alpha value is 0.310. The first-order valence-corrected chi connectivity index (χ1v) is 6.18. The second-order valence-electron chi connectivity index (χ2n) is 4.42. The predicted octanol–water partition coefficient (Wildman–Crippen LogP) is 2.27. The second-order valence-corrected chi connectivity index (χ2v) is 5.96. The lowest BCUT2D eigenvalue weighted by Crippen LogP contribution is -2.43. The van der Waals surface area contributed by atoms with Crippen LogP contribution < -0.4 is 5.32 Å². The van der Waals surface area contributed by atoms with Gasteiger partial charge in [-0.1, -0.05) is 6.92 Å². The number of thioether (sulfide) groups is 1. The minimum Gasteiger partial charge on any atom is -0.316 e. The molecule has 2 aliphatic rings. The maximum absolute atomic E-state index is 3.56. The summed E-state index contributed by atoms with van der Waals surface area (Å²) in [6, 6.07) is 0. The zero-order valence-electron chi connectivity index (χ0n) is 7.94. The summed E-state index contributed by atoms with van der Waals surface area (Å²) in [6.45, 7) is 4.93. The van der Waals surface area contributed by atoms with Gasteiger partial charge in [0.1, 0.15) is 0 Å². The molecule has 0 bridgehead atoms. The molecule has 0 saturated carbocycles. The summed E-state index contributed by atoms with van der Waals surface area (Å²) in [5, 5.41) is 4.46. The topological polar surface area (TPSA) is 12.0 Å². The van der Waals surface area contributed by atoms with Crippen LogP contribution in [-0.4, -0.2) is 24.1 Å². The molecule has 2 heteroatoms. The molecule has 1 N–H and O–H groups in total. The van der Waals surface area contributed by atoms with Crippen LogP contribution in [0.15, 0.2) is 0 Å². The Bertz CT molecular complexity index is 146. The van der Waals surface area contributed by atoms with Crippen molar-refractivity contribution >= 4 is 11.8 Å². The van der Waals surface area contributed by atoms with Gasteiger partial charge in [0.15, 0.2) is 0 Å². The molecule has 0 amide bonds. The van der Waals surface area contributed by atoms with Crippen LogP contribution in [0.25, 0.3) is 0 Å². The molecule has 2 atom stereocenters. The Kier molecular flexibility index (Phi) is 2.66. The fourth-order valence-electron chi connectivity index (χ4n) is 2.67. The highest BCUT2D eigenvalue weighted by Gasteiger charge is 2.35. The first kappa shape index (κ1) is 8.89. The molecule has 1 spiro atoms. The molecule has 1 nitrogen and oxygen atoms in total. The summed E-state index contributed by atoms with van der Waals surface area (Å²) in [6.07, 6.45) is 5.78. The van der Waals surface area contributed by atoms with E-state index in [0.717, 1.165) is 5.25 Å². The summed E-state index contributed by atoms with van der Waals surface area (Å²) >= 11 is 2.16. The van der Waals surface area contributed by atoms with Crippen molar-refractivity contribution < 1.29 is 0 Å². The summed E-state index contributed by atoms with van der Waals surface area (Å²) in [7, 11) is 0. The lowest BCUT2D eigenvalue weighted by Gasteiger charge is -2.42. The van der Waals surface area contributed by atoms with Gasteiger partial charge in [-0.15, -0.1) is 0 Å². The molecule has 2 heterocycles. The van der Waals surface area contributed by atoms with E-state index in [2.05, 4.69) is 24.0 Å². The Morgan fingerprint density at radius 2 is 2.33 bits per heavy atom. The van der Waals surface area contributed by atoms with Crippen molar-refractivity contribution in [2.45, 2.75) is 37.9 Å². The van der Waals surface area contributed by atoms with Crippen molar-refractivity contribution in [2.24, 2.45) is 5.41 Å². The Morgan fingerprint density at radius 1 is 1.42 bits per heavy atom. The number of hydrogen-bond donors (Lipinski definition) is 1. The monoisotopic (exact) mass is 185 g/mol. The highest BCUT2D eigenvalue weighted by molar-refractivity contribution is 7.99. The van der Waals surface area contributed by atoms with Crippen molar-refractivity contribution in [3.63, 3.8) is 0 Å². The van der Waals surface area contributed by atoms with Gasteiger partial charge in [0, 0.05) is 11.8 Å². The summed E-state index contributed by atoms with van der Waals surface area (Å²) in [5.41, 5.74) is 0.697. The van der Waals surface area contributed by atoms with E-state index in [4.69, 9.17) is 0 Å². The van der Waals surface area contributed by atoms with E-state index < -0.39 is 0 Å². The first-order valence-electron chi connectivity index (χ1n) is 5.13. The largest absolute Gasteiger partial charge is 0.316 e. The Morgan fingerprint density at radius 3 is 3.00 bits per heavy atom. The van der Waals surface area contributed by atoms with Crippen LogP contribution in [0.4, 0.5) is 0 Å². The molecule has 2 aliphatic heterocycles. The predicted molar refractivity (Wildman–Crippen MR) is 55.7 cm³/mol. The highest BCUT2D eigenvalue weighted by atomic mass is 32.2. The van der Waals surface area contributed by atoms with Crippen molar-refractivity contribution in [3.05, 3.63) is 0 Å². The van der Waals surface area contributed by atoms with Crippen LogP contribution in [0.3, 0.4) is 0 Å². The third-order valence-corrected chi connectivity index (χ3v) is 4.49. The number of rotatable bonds is 0. The van der Waals surface area contributed by atoms with E-state index in [1.165, 1.54) is 44.5 Å². The second kappa shape index (κ2) is 3.59. The SMILES string of the molecule is CC1CC2(CCCNC2)CCS1. The van der Waals surface area contributed by atoms with Gasteiger partial charge in [-0.25, -0.2) is 0 Å². The molecule has 0 radical (unpaired) electrons. The molecule has 0 aromatic rings. The van der Waals surface area contributed by atoms with E-state index in [-0.39, 0.29) is 0 Å². The number of nitrogens with one attached hydrogen (secondary N) is 1. The standard InChI is InChI=1S/C10H19NS/c1-9-7-10(4-6-12-9)3-2-5-11-8-10/h9,11H,2-8H2,1H3. The van der Waals surface area contributed by atoms with Gasteiger partial charge in [-0.2, -0.15) is 11.8 Å². The molecule has 2 rings (SSSR count). The summed E-state index contributed by atoms with van der Waals surface area (Å²) in [5.74, 6) is 1.39. The van der Waals surface area contributed by atoms with Crippen molar-refractivity contribution in [3.8, 4) is 0 Å². The van der Waals surface area contributed by atoms with E-state index in [1.807, 2.05) is 0 Å². The van der Waals surface area contributed by atoms with Gasteiger partial charge in [0.2, 0.25) is 0 Å². The number of piperidine rings is 1. The maximum atomic E-state index is 3.56. The lowest BCUT2D eigenvalue weighted by molar-refractivity contribution is 0.180. The molecule has 2 unspecified atom stereocenters. The molecule has 0 aromatic carbocycles. The smallest absolute Gasteiger partial charge is 0.00244 e. The van der Waals surface area contributed by atoms with Gasteiger partial charge >= 0.3 is 0 Å². The van der Waals surface area contributed by atoms with Crippen LogP contribution in [0.2, 0.25) is 0 Å². The third kappa shape index (κ3) is 1.80. The van der Waals surface area contributed by atoms with Crippen LogP contribution in [0, 0.1) is 5.41 Å². The Balaban J connectivity index is 1.97. The van der Waals surface area contributed by atoms with Crippen LogP contribution >= 0.6 is 11.8 Å². The van der Waals surface area contributed by atoms with Crippen molar-refractivity contribution in [1.29, 1.82) is 0 Å². The van der Waals surface area contributed by atoms with Crippen molar-refractivity contribution in [1.82, 2.24) is 5.32 Å². The fraction of sp³-hybridized carbons (Fsp3) is 1.00. The van der Waals surface area contributed by atoms with Gasteiger partial charge in [0.25, 0.3) is 0 Å². The lowest BCUT2D eigenvalue weighted by atomic mass is 9.74. The van der Waals surface area contributed by atoms with Gasteiger partial charge < -0.3 is 5.32 Å². The molecular weight excluding hydrogens is 166 g/mol. The summed E-state index contributed by atoms with van der Waals surface area (Å²) < 4.78 is 0. The van der Waals surface area contributed by atoms with Crippen LogP contribution in [0.5, 0.6) is 0 Å². The van der Waals surface area contributed by atoms with Crippen molar-refractivity contribution in [2.75, 3.05) is 18.8 Å². The normalized spacial score (nSPS) is 43.2. The first-order chi connectivity index (χ1) is 5.81. The molecule has 70 valence electrons. The quantitative estimate of drug-likeness (QED) is 0.621. The maximum Gasteiger partial charge on any atom is 0.00244 e. The molecule has 12 heavy (non-hydrogen) atoms. The van der Waals surface area contributed by atoms with E-state index in [9.17, 15) is 0 Å². The average Bonchev–Trinajstić information content (AvgIpc) is 2.05. The number of hydrogen-bond acceptors (Lipinski definition) is 2. The van der Waals surface area contributed by atoms with Crippen LogP contribution in [0.1, 0.15) is 32.6 Å². The van der Waals surface area contributed by atoms with Gasteiger partial charge in [-0.3, -0.25) is 0 Å². The molecular formula is C10H19NS. The third-order valence-electron chi connectivity index (χ3n) is 3.32. The molecule has 2 saturated heterocycles.